The van der Waals surface area contributed by atoms with Crippen LogP contribution in [0.25, 0.3) is 0 Å². The van der Waals surface area contributed by atoms with Gasteiger partial charge >= 0.3 is 0 Å². The summed E-state index contributed by atoms with van der Waals surface area (Å²) in [6.45, 7) is 1.83. The molecular weight excluding hydrogens is 390 g/mol. The summed E-state index contributed by atoms with van der Waals surface area (Å²) >= 11 is 0. The first-order valence-corrected chi connectivity index (χ1v) is 10.5. The molecule has 2 atom stereocenters. The fraction of sp³-hybridized carbons (Fsp3) is 0.269. The van der Waals surface area contributed by atoms with Gasteiger partial charge < -0.3 is 19.1 Å². The van der Waals surface area contributed by atoms with Gasteiger partial charge in [0.2, 0.25) is 0 Å². The molecular formula is C26H27NO4. The van der Waals surface area contributed by atoms with Crippen LogP contribution in [-0.2, 0) is 34.0 Å². The number of carbonyl (C=O) groups is 1. The molecule has 1 saturated heterocycles. The molecule has 1 fully saturated rings. The maximum absolute atomic E-state index is 13.2. The van der Waals surface area contributed by atoms with E-state index in [4.69, 9.17) is 14.2 Å². The van der Waals surface area contributed by atoms with E-state index < -0.39 is 6.10 Å². The van der Waals surface area contributed by atoms with Crippen molar-refractivity contribution >= 4 is 5.91 Å². The minimum Gasteiger partial charge on any atom is -0.497 e. The zero-order valence-corrected chi connectivity index (χ0v) is 17.6. The Morgan fingerprint density at radius 2 is 1.35 bits per heavy atom. The average molecular weight is 418 g/mol. The van der Waals surface area contributed by atoms with Gasteiger partial charge in [-0.15, -0.1) is 0 Å². The van der Waals surface area contributed by atoms with E-state index in [0.717, 1.165) is 22.4 Å². The van der Waals surface area contributed by atoms with Gasteiger partial charge in [-0.05, 0) is 28.8 Å². The summed E-state index contributed by atoms with van der Waals surface area (Å²) in [4.78, 5) is 15.0. The molecule has 0 aliphatic carbocycles. The van der Waals surface area contributed by atoms with Crippen molar-refractivity contribution in [3.63, 3.8) is 0 Å². The summed E-state index contributed by atoms with van der Waals surface area (Å²) < 4.78 is 17.4. The van der Waals surface area contributed by atoms with E-state index >= 15 is 0 Å². The molecule has 1 amide bonds. The van der Waals surface area contributed by atoms with Crippen molar-refractivity contribution < 1.29 is 19.0 Å². The second-order valence-corrected chi connectivity index (χ2v) is 7.62. The summed E-state index contributed by atoms with van der Waals surface area (Å²) in [7, 11) is 1.64. The summed E-state index contributed by atoms with van der Waals surface area (Å²) in [5.41, 5.74) is 3.15. The van der Waals surface area contributed by atoms with Crippen molar-refractivity contribution in [3.05, 3.63) is 102 Å². The highest BCUT2D eigenvalue weighted by Gasteiger charge is 2.42. The number of ether oxygens (including phenoxy) is 3. The molecule has 0 saturated carbocycles. The van der Waals surface area contributed by atoms with Crippen molar-refractivity contribution in [2.24, 2.45) is 0 Å². The number of rotatable bonds is 9. The van der Waals surface area contributed by atoms with Crippen molar-refractivity contribution in [2.75, 3.05) is 13.7 Å². The number of methoxy groups -OCH3 is 1. The molecule has 0 N–H and O–H groups in total. The monoisotopic (exact) mass is 417 g/mol. The molecule has 1 aliphatic heterocycles. The first kappa shape index (κ1) is 21.1. The van der Waals surface area contributed by atoms with Gasteiger partial charge in [0.25, 0.3) is 5.91 Å². The maximum Gasteiger partial charge on any atom is 0.254 e. The summed E-state index contributed by atoms with van der Waals surface area (Å²) in [6, 6.07) is 27.6. The molecule has 0 aromatic heterocycles. The molecule has 0 radical (unpaired) electrons. The number of hydrogen-bond acceptors (Lipinski definition) is 4. The number of nitrogens with zero attached hydrogens (tertiary/aromatic N) is 1. The van der Waals surface area contributed by atoms with Crippen LogP contribution in [0.15, 0.2) is 84.9 Å². The fourth-order valence-electron chi connectivity index (χ4n) is 3.69. The quantitative estimate of drug-likeness (QED) is 0.523. The van der Waals surface area contributed by atoms with Crippen molar-refractivity contribution in [3.8, 4) is 5.75 Å². The van der Waals surface area contributed by atoms with Crippen LogP contribution in [0.5, 0.6) is 5.75 Å². The lowest BCUT2D eigenvalue weighted by Gasteiger charge is -2.18. The molecule has 3 aromatic carbocycles. The Balaban J connectivity index is 1.44. The van der Waals surface area contributed by atoms with Crippen molar-refractivity contribution in [2.45, 2.75) is 32.0 Å². The number of amides is 1. The molecule has 0 unspecified atom stereocenters. The van der Waals surface area contributed by atoms with E-state index in [0.29, 0.717) is 26.3 Å². The van der Waals surface area contributed by atoms with Crippen LogP contribution in [0.3, 0.4) is 0 Å². The number of hydrogen-bond donors (Lipinski definition) is 0. The fourth-order valence-corrected chi connectivity index (χ4v) is 3.69. The summed E-state index contributed by atoms with van der Waals surface area (Å²) in [6.07, 6.45) is -0.947. The van der Waals surface area contributed by atoms with Gasteiger partial charge in [-0.1, -0.05) is 72.8 Å². The molecule has 0 bridgehead atoms. The Kier molecular flexibility index (Phi) is 6.97. The summed E-state index contributed by atoms with van der Waals surface area (Å²) in [5, 5.41) is 0. The molecule has 160 valence electrons. The molecule has 5 heteroatoms. The topological polar surface area (TPSA) is 48.0 Å². The lowest BCUT2D eigenvalue weighted by atomic mass is 10.2. The smallest absolute Gasteiger partial charge is 0.254 e. The van der Waals surface area contributed by atoms with Gasteiger partial charge in [0.05, 0.1) is 26.9 Å². The van der Waals surface area contributed by atoms with Gasteiger partial charge in [-0.2, -0.15) is 0 Å². The highest BCUT2D eigenvalue weighted by molar-refractivity contribution is 5.84. The van der Waals surface area contributed by atoms with Crippen LogP contribution in [0.2, 0.25) is 0 Å². The first-order valence-electron chi connectivity index (χ1n) is 10.5. The zero-order chi connectivity index (χ0) is 21.5. The van der Waals surface area contributed by atoms with E-state index in [1.54, 1.807) is 7.11 Å². The molecule has 31 heavy (non-hydrogen) atoms. The third-order valence-electron chi connectivity index (χ3n) is 5.40. The Morgan fingerprint density at radius 3 is 1.94 bits per heavy atom. The lowest BCUT2D eigenvalue weighted by molar-refractivity contribution is -0.142. The lowest BCUT2D eigenvalue weighted by Crippen LogP contribution is -2.33. The van der Waals surface area contributed by atoms with Crippen molar-refractivity contribution in [1.29, 1.82) is 0 Å². The van der Waals surface area contributed by atoms with Gasteiger partial charge in [0.15, 0.2) is 6.10 Å². The molecule has 0 spiro atoms. The van der Waals surface area contributed by atoms with E-state index in [-0.39, 0.29) is 12.0 Å². The Hall–Kier alpha value is -3.15. The third kappa shape index (κ3) is 5.51. The van der Waals surface area contributed by atoms with Crippen molar-refractivity contribution in [1.82, 2.24) is 4.90 Å². The van der Waals surface area contributed by atoms with E-state index in [9.17, 15) is 4.79 Å². The van der Waals surface area contributed by atoms with Crippen LogP contribution in [0, 0.1) is 0 Å². The first-order chi connectivity index (χ1) is 15.2. The van der Waals surface area contributed by atoms with Gasteiger partial charge in [-0.3, -0.25) is 4.79 Å². The Morgan fingerprint density at radius 1 is 0.774 bits per heavy atom. The number of benzene rings is 3. The highest BCUT2D eigenvalue weighted by Crippen LogP contribution is 2.24. The second kappa shape index (κ2) is 10.2. The average Bonchev–Trinajstić information content (AvgIpc) is 3.12. The number of carbonyl (C=O) groups excluding carboxylic acids is 1. The van der Waals surface area contributed by atoms with Crippen LogP contribution >= 0.6 is 0 Å². The van der Waals surface area contributed by atoms with Gasteiger partial charge in [-0.25, -0.2) is 0 Å². The van der Waals surface area contributed by atoms with Gasteiger partial charge in [0.1, 0.15) is 11.9 Å². The van der Waals surface area contributed by atoms with Gasteiger partial charge in [0, 0.05) is 6.54 Å². The predicted octanol–water partition coefficient (Wildman–Crippen LogP) is 4.21. The Bertz CT molecular complexity index is 960. The minimum absolute atomic E-state index is 0.0372. The van der Waals surface area contributed by atoms with Crippen LogP contribution in [-0.4, -0.2) is 36.7 Å². The molecule has 1 heterocycles. The van der Waals surface area contributed by atoms with E-state index in [1.165, 1.54) is 0 Å². The predicted molar refractivity (Wildman–Crippen MR) is 118 cm³/mol. The highest BCUT2D eigenvalue weighted by atomic mass is 16.5. The van der Waals surface area contributed by atoms with E-state index in [1.807, 2.05) is 89.8 Å². The molecule has 3 aromatic rings. The largest absolute Gasteiger partial charge is 0.497 e. The molecule has 1 aliphatic rings. The molecule has 4 rings (SSSR count). The van der Waals surface area contributed by atoms with Crippen LogP contribution < -0.4 is 4.74 Å². The minimum atomic E-state index is -0.623. The maximum atomic E-state index is 13.2. The standard InChI is InChI=1S/C26H27NO4/c1-29-23-14-12-20(13-15-23)16-27-17-24(30-18-21-8-4-2-5-9-21)25(26(27)28)31-19-22-10-6-3-7-11-22/h2-15,24-25H,16-19H2,1H3/t24-,25+/m0/s1. The molecule has 5 nitrogen and oxygen atoms in total. The number of likely N-dealkylation sites (tertiary alicyclic amines) is 1. The summed E-state index contributed by atoms with van der Waals surface area (Å²) in [5.74, 6) is 0.759. The van der Waals surface area contributed by atoms with E-state index in [2.05, 4.69) is 0 Å². The SMILES string of the molecule is COc1ccc(CN2C[C@H](OCc3ccccc3)[C@@H](OCc3ccccc3)C2=O)cc1. The second-order valence-electron chi connectivity index (χ2n) is 7.62. The third-order valence-corrected chi connectivity index (χ3v) is 5.40. The normalized spacial score (nSPS) is 18.4. The Labute approximate surface area is 183 Å². The zero-order valence-electron chi connectivity index (χ0n) is 17.6. The van der Waals surface area contributed by atoms with Crippen LogP contribution in [0.1, 0.15) is 16.7 Å². The van der Waals surface area contributed by atoms with Crippen LogP contribution in [0.4, 0.5) is 0 Å².